The fraction of sp³-hybridized carbons (Fsp3) is 0.219. The molecule has 0 radical (unpaired) electrons. The molecule has 0 heterocycles. The quantitative estimate of drug-likeness (QED) is 0.227. The molecule has 4 rings (SSSR count). The number of carbonyl (C=O) groups is 1. The summed E-state index contributed by atoms with van der Waals surface area (Å²) in [5.74, 6) is 2.04. The summed E-state index contributed by atoms with van der Waals surface area (Å²) >= 11 is 0. The van der Waals surface area contributed by atoms with Crippen LogP contribution in [0.3, 0.4) is 0 Å². The number of rotatable bonds is 11. The number of anilines is 1. The van der Waals surface area contributed by atoms with Gasteiger partial charge >= 0.3 is 6.03 Å². The van der Waals surface area contributed by atoms with Crippen LogP contribution in [-0.4, -0.2) is 24.6 Å². The number of carbonyl (C=O) groups excluding carboxylic acids is 1. The first-order valence-electron chi connectivity index (χ1n) is 12.8. The van der Waals surface area contributed by atoms with Gasteiger partial charge in [0, 0.05) is 12.2 Å². The summed E-state index contributed by atoms with van der Waals surface area (Å²) in [5.41, 5.74) is 3.74. The van der Waals surface area contributed by atoms with Crippen LogP contribution in [0.15, 0.2) is 103 Å². The van der Waals surface area contributed by atoms with Crippen molar-refractivity contribution in [2.75, 3.05) is 19.0 Å². The Bertz CT molecular complexity index is 1290. The minimum absolute atomic E-state index is 0.172. The molecule has 0 saturated heterocycles. The second-order valence-corrected chi connectivity index (χ2v) is 8.86. The minimum atomic E-state index is -0.201. The lowest BCUT2D eigenvalue weighted by molar-refractivity contribution is 0.189. The molecule has 6 heteroatoms. The van der Waals surface area contributed by atoms with Crippen LogP contribution in [0.4, 0.5) is 10.5 Å². The summed E-state index contributed by atoms with van der Waals surface area (Å²) in [5, 5.41) is 3.04. The second kappa shape index (κ2) is 13.2. The van der Waals surface area contributed by atoms with E-state index in [1.165, 1.54) is 0 Å². The SMILES string of the molecule is CCOc1ccc(NC(=O)N(Cc2ccc(OC)c(OCc3ccccc3)c2)C(C)c2ccccc2)cc1. The minimum Gasteiger partial charge on any atom is -0.494 e. The first-order valence-corrected chi connectivity index (χ1v) is 12.8. The van der Waals surface area contributed by atoms with Crippen molar-refractivity contribution in [3.8, 4) is 17.2 Å². The van der Waals surface area contributed by atoms with E-state index in [0.717, 1.165) is 22.4 Å². The molecule has 0 fully saturated rings. The van der Waals surface area contributed by atoms with E-state index < -0.39 is 0 Å². The highest BCUT2D eigenvalue weighted by Crippen LogP contribution is 2.31. The Hall–Kier alpha value is -4.45. The van der Waals surface area contributed by atoms with Gasteiger partial charge in [-0.25, -0.2) is 4.79 Å². The molecule has 2 amide bonds. The van der Waals surface area contributed by atoms with E-state index in [4.69, 9.17) is 14.2 Å². The molecule has 0 aliphatic rings. The maximum absolute atomic E-state index is 13.6. The van der Waals surface area contributed by atoms with Gasteiger partial charge in [-0.05, 0) is 66.9 Å². The van der Waals surface area contributed by atoms with Gasteiger partial charge in [0.1, 0.15) is 12.4 Å². The topological polar surface area (TPSA) is 60.0 Å². The maximum atomic E-state index is 13.6. The fourth-order valence-corrected chi connectivity index (χ4v) is 4.16. The third kappa shape index (κ3) is 7.07. The van der Waals surface area contributed by atoms with Gasteiger partial charge in [-0.15, -0.1) is 0 Å². The summed E-state index contributed by atoms with van der Waals surface area (Å²) in [6.45, 7) is 5.36. The zero-order valence-electron chi connectivity index (χ0n) is 22.1. The van der Waals surface area contributed by atoms with Crippen LogP contribution in [-0.2, 0) is 13.2 Å². The van der Waals surface area contributed by atoms with Crippen molar-refractivity contribution < 1.29 is 19.0 Å². The van der Waals surface area contributed by atoms with Gasteiger partial charge in [-0.1, -0.05) is 66.7 Å². The molecule has 0 bridgehead atoms. The lowest BCUT2D eigenvalue weighted by Crippen LogP contribution is -2.36. The van der Waals surface area contributed by atoms with E-state index in [0.29, 0.717) is 36.9 Å². The molecule has 4 aromatic carbocycles. The Morgan fingerprint density at radius 2 is 1.50 bits per heavy atom. The molecule has 1 atom stereocenters. The lowest BCUT2D eigenvalue weighted by Gasteiger charge is -2.30. The Morgan fingerprint density at radius 3 is 2.16 bits per heavy atom. The van der Waals surface area contributed by atoms with Crippen LogP contribution in [0.25, 0.3) is 0 Å². The Morgan fingerprint density at radius 1 is 0.816 bits per heavy atom. The van der Waals surface area contributed by atoms with Crippen molar-refractivity contribution in [2.24, 2.45) is 0 Å². The van der Waals surface area contributed by atoms with Crippen LogP contribution in [0.2, 0.25) is 0 Å². The third-order valence-corrected chi connectivity index (χ3v) is 6.25. The normalized spacial score (nSPS) is 11.3. The summed E-state index contributed by atoms with van der Waals surface area (Å²) in [7, 11) is 1.62. The van der Waals surface area contributed by atoms with Crippen molar-refractivity contribution >= 4 is 11.7 Å². The highest BCUT2D eigenvalue weighted by Gasteiger charge is 2.23. The molecule has 196 valence electrons. The number of hydrogen-bond acceptors (Lipinski definition) is 4. The Balaban J connectivity index is 1.56. The average molecular weight is 511 g/mol. The molecule has 0 aliphatic heterocycles. The van der Waals surface area contributed by atoms with Gasteiger partial charge in [-0.2, -0.15) is 0 Å². The number of nitrogens with zero attached hydrogens (tertiary/aromatic N) is 1. The molecule has 6 nitrogen and oxygen atoms in total. The smallest absolute Gasteiger partial charge is 0.322 e. The van der Waals surface area contributed by atoms with Gasteiger partial charge in [0.15, 0.2) is 11.5 Å². The highest BCUT2D eigenvalue weighted by atomic mass is 16.5. The van der Waals surface area contributed by atoms with Crippen LogP contribution >= 0.6 is 0 Å². The van der Waals surface area contributed by atoms with Crippen LogP contribution in [0, 0.1) is 0 Å². The van der Waals surface area contributed by atoms with E-state index in [1.807, 2.05) is 122 Å². The van der Waals surface area contributed by atoms with E-state index in [1.54, 1.807) is 7.11 Å². The number of methoxy groups -OCH3 is 1. The summed E-state index contributed by atoms with van der Waals surface area (Å²) in [6, 6.07) is 32.8. The number of benzene rings is 4. The van der Waals surface area contributed by atoms with E-state index in [-0.39, 0.29) is 12.1 Å². The molecule has 38 heavy (non-hydrogen) atoms. The molecule has 1 unspecified atom stereocenters. The molecule has 0 saturated carbocycles. The summed E-state index contributed by atoms with van der Waals surface area (Å²) in [4.78, 5) is 15.4. The van der Waals surface area contributed by atoms with Crippen molar-refractivity contribution in [3.05, 3.63) is 120 Å². The first kappa shape index (κ1) is 26.6. The summed E-state index contributed by atoms with van der Waals surface area (Å²) in [6.07, 6.45) is 0. The van der Waals surface area contributed by atoms with Crippen LogP contribution in [0.5, 0.6) is 17.2 Å². The average Bonchev–Trinajstić information content (AvgIpc) is 2.96. The molecule has 1 N–H and O–H groups in total. The van der Waals surface area contributed by atoms with Crippen molar-refractivity contribution in [3.63, 3.8) is 0 Å². The third-order valence-electron chi connectivity index (χ3n) is 6.25. The standard InChI is InChI=1S/C32H34N2O4/c1-4-37-29-18-16-28(17-19-29)33-32(35)34(24(2)27-13-9-6-10-14-27)22-26-15-20-30(36-3)31(21-26)38-23-25-11-7-5-8-12-25/h5-21,24H,4,22-23H2,1-3H3,(H,33,35). The van der Waals surface area contributed by atoms with Gasteiger partial charge in [-0.3, -0.25) is 0 Å². The molecule has 0 spiro atoms. The zero-order valence-corrected chi connectivity index (χ0v) is 22.1. The predicted molar refractivity (Wildman–Crippen MR) is 151 cm³/mol. The van der Waals surface area contributed by atoms with Crippen molar-refractivity contribution in [1.82, 2.24) is 4.90 Å². The monoisotopic (exact) mass is 510 g/mol. The van der Waals surface area contributed by atoms with Gasteiger partial charge in [0.2, 0.25) is 0 Å². The first-order chi connectivity index (χ1) is 18.6. The van der Waals surface area contributed by atoms with Crippen molar-refractivity contribution in [2.45, 2.75) is 33.0 Å². The predicted octanol–water partition coefficient (Wildman–Crippen LogP) is 7.47. The second-order valence-electron chi connectivity index (χ2n) is 8.86. The van der Waals surface area contributed by atoms with Crippen LogP contribution in [0.1, 0.15) is 36.6 Å². The molecule has 0 aromatic heterocycles. The molecule has 0 aliphatic carbocycles. The fourth-order valence-electron chi connectivity index (χ4n) is 4.16. The van der Waals surface area contributed by atoms with Gasteiger partial charge in [0.25, 0.3) is 0 Å². The zero-order chi connectivity index (χ0) is 26.7. The number of hydrogen-bond donors (Lipinski definition) is 1. The molecular weight excluding hydrogens is 476 g/mol. The Labute approximate surface area is 224 Å². The van der Waals surface area contributed by atoms with E-state index >= 15 is 0 Å². The summed E-state index contributed by atoms with van der Waals surface area (Å²) < 4.78 is 17.2. The van der Waals surface area contributed by atoms with Crippen molar-refractivity contribution in [1.29, 1.82) is 0 Å². The number of ether oxygens (including phenoxy) is 3. The van der Waals surface area contributed by atoms with Crippen LogP contribution < -0.4 is 19.5 Å². The van der Waals surface area contributed by atoms with E-state index in [9.17, 15) is 4.79 Å². The molecule has 4 aromatic rings. The van der Waals surface area contributed by atoms with Gasteiger partial charge < -0.3 is 24.4 Å². The number of amides is 2. The number of urea groups is 1. The largest absolute Gasteiger partial charge is 0.494 e. The van der Waals surface area contributed by atoms with Gasteiger partial charge in [0.05, 0.1) is 19.8 Å². The molecular formula is C32H34N2O4. The Kier molecular flexibility index (Phi) is 9.24. The number of nitrogens with one attached hydrogen (secondary N) is 1. The maximum Gasteiger partial charge on any atom is 0.322 e. The lowest BCUT2D eigenvalue weighted by atomic mass is 10.1. The van der Waals surface area contributed by atoms with E-state index in [2.05, 4.69) is 5.32 Å². The highest BCUT2D eigenvalue weighted by molar-refractivity contribution is 5.89.